The van der Waals surface area contributed by atoms with Crippen molar-refractivity contribution in [2.45, 2.75) is 40.2 Å². The highest BCUT2D eigenvalue weighted by molar-refractivity contribution is 5.90. The lowest BCUT2D eigenvalue weighted by Gasteiger charge is -2.23. The van der Waals surface area contributed by atoms with Gasteiger partial charge in [-0.1, -0.05) is 12.1 Å². The smallest absolute Gasteiger partial charge is 0.319 e. The molecule has 2 aromatic rings. The lowest BCUT2D eigenvalue weighted by atomic mass is 9.96. The average Bonchev–Trinajstić information content (AvgIpc) is 2.80. The third-order valence-electron chi connectivity index (χ3n) is 3.86. The van der Waals surface area contributed by atoms with Crippen molar-refractivity contribution >= 4 is 11.7 Å². The van der Waals surface area contributed by atoms with E-state index in [0.717, 1.165) is 22.6 Å². The molecule has 0 aliphatic rings. The molecule has 124 valence electrons. The zero-order valence-electron chi connectivity index (χ0n) is 14.3. The van der Waals surface area contributed by atoms with Gasteiger partial charge < -0.3 is 20.2 Å². The summed E-state index contributed by atoms with van der Waals surface area (Å²) < 4.78 is 5.44. The molecule has 0 aliphatic heterocycles. The van der Waals surface area contributed by atoms with E-state index in [1.165, 1.54) is 0 Å². The van der Waals surface area contributed by atoms with E-state index in [1.54, 1.807) is 19.9 Å². The van der Waals surface area contributed by atoms with Crippen LogP contribution in [0.25, 0.3) is 0 Å². The standard InChI is InChI=1S/C18H24N2O3/c1-11-6-7-12(2)16(8-11)20-17(21)19-10-18(5,22)15-9-13(3)23-14(15)4/h6-9,22H,10H2,1-5H3,(H2,19,20,21). The highest BCUT2D eigenvalue weighted by Crippen LogP contribution is 2.26. The second-order valence-electron chi connectivity index (χ2n) is 6.23. The van der Waals surface area contributed by atoms with Crippen LogP contribution in [0.3, 0.4) is 0 Å². The summed E-state index contributed by atoms with van der Waals surface area (Å²) in [6.07, 6.45) is 0. The molecule has 5 nitrogen and oxygen atoms in total. The fourth-order valence-electron chi connectivity index (χ4n) is 2.55. The van der Waals surface area contributed by atoms with Crippen molar-refractivity contribution < 1.29 is 14.3 Å². The van der Waals surface area contributed by atoms with Gasteiger partial charge in [-0.25, -0.2) is 4.79 Å². The van der Waals surface area contributed by atoms with E-state index in [1.807, 2.05) is 39.0 Å². The molecule has 1 aromatic heterocycles. The van der Waals surface area contributed by atoms with Crippen molar-refractivity contribution in [1.82, 2.24) is 5.32 Å². The van der Waals surface area contributed by atoms with Crippen molar-refractivity contribution in [2.24, 2.45) is 0 Å². The molecular weight excluding hydrogens is 292 g/mol. The van der Waals surface area contributed by atoms with Crippen LogP contribution < -0.4 is 10.6 Å². The highest BCUT2D eigenvalue weighted by Gasteiger charge is 2.28. The minimum Gasteiger partial charge on any atom is -0.466 e. The van der Waals surface area contributed by atoms with E-state index in [4.69, 9.17) is 4.42 Å². The fraction of sp³-hybridized carbons (Fsp3) is 0.389. The first-order chi connectivity index (χ1) is 10.7. The van der Waals surface area contributed by atoms with E-state index in [0.29, 0.717) is 11.3 Å². The molecule has 1 heterocycles. The summed E-state index contributed by atoms with van der Waals surface area (Å²) in [5.74, 6) is 1.39. The number of rotatable bonds is 4. The number of aryl methyl sites for hydroxylation is 4. The van der Waals surface area contributed by atoms with Gasteiger partial charge in [-0.15, -0.1) is 0 Å². The van der Waals surface area contributed by atoms with Gasteiger partial charge in [-0.2, -0.15) is 0 Å². The van der Waals surface area contributed by atoms with Gasteiger partial charge in [-0.05, 0) is 57.9 Å². The molecule has 0 radical (unpaired) electrons. The highest BCUT2D eigenvalue weighted by atomic mass is 16.3. The second-order valence-corrected chi connectivity index (χ2v) is 6.23. The van der Waals surface area contributed by atoms with Gasteiger partial charge in [0.05, 0.1) is 6.54 Å². The van der Waals surface area contributed by atoms with Crippen LogP contribution in [0.4, 0.5) is 10.5 Å². The first-order valence-electron chi connectivity index (χ1n) is 7.61. The van der Waals surface area contributed by atoms with Crippen LogP contribution in [-0.4, -0.2) is 17.7 Å². The van der Waals surface area contributed by atoms with Gasteiger partial charge in [-0.3, -0.25) is 0 Å². The molecular formula is C18H24N2O3. The van der Waals surface area contributed by atoms with Crippen LogP contribution in [0.5, 0.6) is 0 Å². The molecule has 3 N–H and O–H groups in total. The summed E-state index contributed by atoms with van der Waals surface area (Å²) in [7, 11) is 0. The van der Waals surface area contributed by atoms with Crippen molar-refractivity contribution in [3.8, 4) is 0 Å². The average molecular weight is 316 g/mol. The molecule has 1 aromatic carbocycles. The van der Waals surface area contributed by atoms with Gasteiger partial charge in [0.15, 0.2) is 0 Å². The Bertz CT molecular complexity index is 717. The number of amides is 2. The SMILES string of the molecule is Cc1ccc(C)c(NC(=O)NCC(C)(O)c2cc(C)oc2C)c1. The predicted octanol–water partition coefficient (Wildman–Crippen LogP) is 3.54. The number of anilines is 1. The van der Waals surface area contributed by atoms with E-state index >= 15 is 0 Å². The second kappa shape index (κ2) is 6.46. The number of carbonyl (C=O) groups excluding carboxylic acids is 1. The maximum absolute atomic E-state index is 12.1. The Balaban J connectivity index is 2.01. The Morgan fingerprint density at radius 3 is 2.52 bits per heavy atom. The molecule has 1 atom stereocenters. The number of nitrogens with one attached hydrogen (secondary N) is 2. The van der Waals surface area contributed by atoms with E-state index in [9.17, 15) is 9.90 Å². The summed E-state index contributed by atoms with van der Waals surface area (Å²) in [6, 6.07) is 7.30. The van der Waals surface area contributed by atoms with E-state index in [-0.39, 0.29) is 12.6 Å². The molecule has 2 amide bonds. The number of hydrogen-bond acceptors (Lipinski definition) is 3. The van der Waals surface area contributed by atoms with Gasteiger partial charge in [0.1, 0.15) is 17.1 Å². The molecule has 5 heteroatoms. The number of urea groups is 1. The first-order valence-corrected chi connectivity index (χ1v) is 7.61. The minimum atomic E-state index is -1.19. The zero-order chi connectivity index (χ0) is 17.2. The Hall–Kier alpha value is -2.27. The number of furan rings is 1. The lowest BCUT2D eigenvalue weighted by Crippen LogP contribution is -2.40. The summed E-state index contributed by atoms with van der Waals surface area (Å²) in [6.45, 7) is 9.27. The van der Waals surface area contributed by atoms with Crippen molar-refractivity contribution in [3.63, 3.8) is 0 Å². The molecule has 0 aliphatic carbocycles. The van der Waals surface area contributed by atoms with Gasteiger partial charge in [0.2, 0.25) is 0 Å². The van der Waals surface area contributed by atoms with Crippen molar-refractivity contribution in [1.29, 1.82) is 0 Å². The molecule has 1 unspecified atom stereocenters. The summed E-state index contributed by atoms with van der Waals surface area (Å²) in [4.78, 5) is 12.1. The molecule has 2 rings (SSSR count). The van der Waals surface area contributed by atoms with Crippen LogP contribution in [0, 0.1) is 27.7 Å². The Kier molecular flexibility index (Phi) is 4.80. The number of benzene rings is 1. The fourth-order valence-corrected chi connectivity index (χ4v) is 2.55. The number of hydrogen-bond donors (Lipinski definition) is 3. The summed E-state index contributed by atoms with van der Waals surface area (Å²) >= 11 is 0. The normalized spacial score (nSPS) is 13.5. The molecule has 0 fully saturated rings. The van der Waals surface area contributed by atoms with E-state index < -0.39 is 5.60 Å². The molecule has 0 spiro atoms. The van der Waals surface area contributed by atoms with Crippen molar-refractivity contribution in [2.75, 3.05) is 11.9 Å². The third kappa shape index (κ3) is 4.13. The summed E-state index contributed by atoms with van der Waals surface area (Å²) in [5.41, 5.74) is 2.31. The van der Waals surface area contributed by atoms with Gasteiger partial charge in [0.25, 0.3) is 0 Å². The molecule has 0 saturated carbocycles. The minimum absolute atomic E-state index is 0.0868. The van der Waals surface area contributed by atoms with Gasteiger partial charge >= 0.3 is 6.03 Å². The quantitative estimate of drug-likeness (QED) is 0.807. The van der Waals surface area contributed by atoms with Gasteiger partial charge in [0, 0.05) is 11.3 Å². The molecule has 0 bridgehead atoms. The van der Waals surface area contributed by atoms with Crippen LogP contribution in [0.1, 0.15) is 35.1 Å². The van der Waals surface area contributed by atoms with Crippen LogP contribution in [0.15, 0.2) is 28.7 Å². The Morgan fingerprint density at radius 1 is 1.22 bits per heavy atom. The molecule has 0 saturated heterocycles. The van der Waals surface area contributed by atoms with Crippen LogP contribution in [0.2, 0.25) is 0 Å². The summed E-state index contributed by atoms with van der Waals surface area (Å²) in [5, 5.41) is 16.1. The maximum atomic E-state index is 12.1. The topological polar surface area (TPSA) is 74.5 Å². The largest absolute Gasteiger partial charge is 0.466 e. The Morgan fingerprint density at radius 2 is 1.91 bits per heavy atom. The first kappa shape index (κ1) is 17.1. The Labute approximate surface area is 136 Å². The zero-order valence-corrected chi connectivity index (χ0v) is 14.3. The monoisotopic (exact) mass is 316 g/mol. The number of carbonyl (C=O) groups is 1. The van der Waals surface area contributed by atoms with Crippen LogP contribution in [-0.2, 0) is 5.60 Å². The molecule has 23 heavy (non-hydrogen) atoms. The maximum Gasteiger partial charge on any atom is 0.319 e. The van der Waals surface area contributed by atoms with Crippen molar-refractivity contribution in [3.05, 3.63) is 52.5 Å². The number of aliphatic hydroxyl groups is 1. The predicted molar refractivity (Wildman–Crippen MR) is 90.7 cm³/mol. The van der Waals surface area contributed by atoms with Crippen LogP contribution >= 0.6 is 0 Å². The van der Waals surface area contributed by atoms with E-state index in [2.05, 4.69) is 10.6 Å². The third-order valence-corrected chi connectivity index (χ3v) is 3.86. The lowest BCUT2D eigenvalue weighted by molar-refractivity contribution is 0.0584.